The van der Waals surface area contributed by atoms with Crippen LogP contribution in [0.5, 0.6) is 11.6 Å². The van der Waals surface area contributed by atoms with E-state index >= 15 is 0 Å². The standard InChI is InChI=1S/C22H19N3O2S2/c1-13-23-21(19-16-5-2-3-6-17(16)29-22(19)24-13)27-15-10-8-14(9-11-15)25-20(26)18-7-4-12-28-18/h4,7-12H,2-3,5-6H2,1H3,(H,25,26). The van der Waals surface area contributed by atoms with Crippen molar-refractivity contribution in [1.29, 1.82) is 0 Å². The third kappa shape index (κ3) is 3.63. The number of benzene rings is 1. The monoisotopic (exact) mass is 421 g/mol. The largest absolute Gasteiger partial charge is 0.438 e. The highest BCUT2D eigenvalue weighted by molar-refractivity contribution is 7.18. The van der Waals surface area contributed by atoms with E-state index in [1.54, 1.807) is 11.3 Å². The molecule has 0 unspecified atom stereocenters. The molecule has 29 heavy (non-hydrogen) atoms. The van der Waals surface area contributed by atoms with Crippen molar-refractivity contribution < 1.29 is 9.53 Å². The van der Waals surface area contributed by atoms with E-state index in [0.717, 1.165) is 28.7 Å². The number of carbonyl (C=O) groups excluding carboxylic acids is 1. The van der Waals surface area contributed by atoms with Crippen LogP contribution in [0.15, 0.2) is 41.8 Å². The lowest BCUT2D eigenvalue weighted by molar-refractivity contribution is 0.103. The van der Waals surface area contributed by atoms with Gasteiger partial charge in [0.05, 0.1) is 10.3 Å². The molecule has 3 aromatic heterocycles. The number of aryl methyl sites for hydroxylation is 3. The molecule has 1 aliphatic carbocycles. The van der Waals surface area contributed by atoms with Gasteiger partial charge < -0.3 is 10.1 Å². The molecule has 0 bridgehead atoms. The highest BCUT2D eigenvalue weighted by Crippen LogP contribution is 2.40. The zero-order valence-corrected chi connectivity index (χ0v) is 17.5. The van der Waals surface area contributed by atoms with Crippen molar-refractivity contribution in [2.75, 3.05) is 5.32 Å². The summed E-state index contributed by atoms with van der Waals surface area (Å²) in [4.78, 5) is 24.5. The molecule has 1 amide bonds. The normalized spacial score (nSPS) is 13.3. The van der Waals surface area contributed by atoms with Crippen LogP contribution in [0.1, 0.15) is 38.8 Å². The van der Waals surface area contributed by atoms with Crippen molar-refractivity contribution in [2.45, 2.75) is 32.6 Å². The number of ether oxygens (including phenoxy) is 1. The molecule has 3 heterocycles. The molecule has 1 aromatic carbocycles. The van der Waals surface area contributed by atoms with E-state index in [4.69, 9.17) is 4.74 Å². The maximum Gasteiger partial charge on any atom is 0.265 e. The first-order valence-corrected chi connectivity index (χ1v) is 11.3. The first-order valence-electron chi connectivity index (χ1n) is 9.59. The molecule has 4 aromatic rings. The molecule has 0 fully saturated rings. The van der Waals surface area contributed by atoms with Gasteiger partial charge in [-0.2, -0.15) is 4.98 Å². The van der Waals surface area contributed by atoms with E-state index in [1.165, 1.54) is 34.6 Å². The van der Waals surface area contributed by atoms with Crippen molar-refractivity contribution >= 4 is 44.5 Å². The second-order valence-corrected chi connectivity index (χ2v) is 9.06. The lowest BCUT2D eigenvalue weighted by Crippen LogP contribution is -2.09. The van der Waals surface area contributed by atoms with Crippen LogP contribution in [0, 0.1) is 6.92 Å². The maximum atomic E-state index is 12.2. The van der Waals surface area contributed by atoms with Gasteiger partial charge in [-0.25, -0.2) is 4.98 Å². The first kappa shape index (κ1) is 18.3. The molecule has 0 aliphatic heterocycles. The molecule has 1 aliphatic rings. The van der Waals surface area contributed by atoms with E-state index in [0.29, 0.717) is 22.3 Å². The van der Waals surface area contributed by atoms with E-state index < -0.39 is 0 Å². The fourth-order valence-corrected chi connectivity index (χ4v) is 5.53. The zero-order valence-electron chi connectivity index (χ0n) is 15.9. The van der Waals surface area contributed by atoms with E-state index in [9.17, 15) is 4.79 Å². The number of carbonyl (C=O) groups is 1. The molecule has 0 saturated carbocycles. The number of aromatic nitrogens is 2. The molecule has 1 N–H and O–H groups in total. The predicted molar refractivity (Wildman–Crippen MR) is 118 cm³/mol. The second kappa shape index (κ2) is 7.57. The summed E-state index contributed by atoms with van der Waals surface area (Å²) in [6.07, 6.45) is 4.62. The summed E-state index contributed by atoms with van der Waals surface area (Å²) in [7, 11) is 0. The minimum Gasteiger partial charge on any atom is -0.438 e. The number of thiophene rings is 2. The second-order valence-electron chi connectivity index (χ2n) is 7.02. The number of hydrogen-bond acceptors (Lipinski definition) is 6. The predicted octanol–water partition coefficient (Wildman–Crippen LogP) is 5.98. The molecule has 5 nitrogen and oxygen atoms in total. The van der Waals surface area contributed by atoms with Gasteiger partial charge in [-0.1, -0.05) is 6.07 Å². The maximum absolute atomic E-state index is 12.2. The van der Waals surface area contributed by atoms with Gasteiger partial charge in [0, 0.05) is 10.6 Å². The Kier molecular flexibility index (Phi) is 4.77. The van der Waals surface area contributed by atoms with Crippen molar-refractivity contribution in [3.05, 3.63) is 62.9 Å². The molecule has 146 valence electrons. The van der Waals surface area contributed by atoms with E-state index in [1.807, 2.05) is 48.7 Å². The van der Waals surface area contributed by atoms with Gasteiger partial charge in [0.2, 0.25) is 5.88 Å². The molecule has 0 atom stereocenters. The Hall–Kier alpha value is -2.77. The molecule has 0 spiro atoms. The number of hydrogen-bond donors (Lipinski definition) is 1. The summed E-state index contributed by atoms with van der Waals surface area (Å²) < 4.78 is 6.17. The lowest BCUT2D eigenvalue weighted by Gasteiger charge is -2.12. The molecule has 7 heteroatoms. The SMILES string of the molecule is Cc1nc(Oc2ccc(NC(=O)c3cccs3)cc2)c2c3c(sc2n1)CCCC3. The molecule has 5 rings (SSSR count). The van der Waals surface area contributed by atoms with Crippen LogP contribution in [-0.2, 0) is 12.8 Å². The zero-order chi connectivity index (χ0) is 19.8. The molecule has 0 radical (unpaired) electrons. The van der Waals surface area contributed by atoms with Crippen LogP contribution in [0.3, 0.4) is 0 Å². The van der Waals surface area contributed by atoms with Crippen LogP contribution in [0.4, 0.5) is 5.69 Å². The topological polar surface area (TPSA) is 64.1 Å². The quantitative estimate of drug-likeness (QED) is 0.440. The van der Waals surface area contributed by atoms with Crippen molar-refractivity contribution in [3.63, 3.8) is 0 Å². The van der Waals surface area contributed by atoms with Gasteiger partial charge in [-0.05, 0) is 73.9 Å². The summed E-state index contributed by atoms with van der Waals surface area (Å²) >= 11 is 3.19. The number of anilines is 1. The molecular formula is C22H19N3O2S2. The van der Waals surface area contributed by atoms with E-state index in [2.05, 4.69) is 15.3 Å². The average Bonchev–Trinajstić information content (AvgIpc) is 3.37. The summed E-state index contributed by atoms with van der Waals surface area (Å²) in [6.45, 7) is 1.90. The smallest absolute Gasteiger partial charge is 0.265 e. The Morgan fingerprint density at radius 1 is 1.10 bits per heavy atom. The Morgan fingerprint density at radius 2 is 1.93 bits per heavy atom. The number of amides is 1. The van der Waals surface area contributed by atoms with Crippen LogP contribution in [-0.4, -0.2) is 15.9 Å². The van der Waals surface area contributed by atoms with Crippen LogP contribution < -0.4 is 10.1 Å². The van der Waals surface area contributed by atoms with Gasteiger partial charge in [0.15, 0.2) is 0 Å². The average molecular weight is 422 g/mol. The Morgan fingerprint density at radius 3 is 2.72 bits per heavy atom. The third-order valence-electron chi connectivity index (χ3n) is 4.96. The van der Waals surface area contributed by atoms with Crippen LogP contribution in [0.2, 0.25) is 0 Å². The minimum absolute atomic E-state index is 0.105. The number of nitrogens with one attached hydrogen (secondary N) is 1. The van der Waals surface area contributed by atoms with Crippen LogP contribution in [0.25, 0.3) is 10.2 Å². The van der Waals surface area contributed by atoms with Crippen molar-refractivity contribution in [1.82, 2.24) is 9.97 Å². The minimum atomic E-state index is -0.105. The van der Waals surface area contributed by atoms with Gasteiger partial charge in [-0.15, -0.1) is 22.7 Å². The lowest BCUT2D eigenvalue weighted by atomic mass is 9.97. The van der Waals surface area contributed by atoms with Gasteiger partial charge in [0.1, 0.15) is 16.4 Å². The number of nitrogens with zero attached hydrogens (tertiary/aromatic N) is 2. The third-order valence-corrected chi connectivity index (χ3v) is 7.02. The molecular weight excluding hydrogens is 402 g/mol. The van der Waals surface area contributed by atoms with Gasteiger partial charge in [0.25, 0.3) is 5.91 Å². The summed E-state index contributed by atoms with van der Waals surface area (Å²) in [6, 6.07) is 11.1. The summed E-state index contributed by atoms with van der Waals surface area (Å²) in [5.41, 5.74) is 2.08. The number of fused-ring (bicyclic) bond motifs is 3. The Labute approximate surface area is 176 Å². The van der Waals surface area contributed by atoms with Gasteiger partial charge >= 0.3 is 0 Å². The highest BCUT2D eigenvalue weighted by atomic mass is 32.1. The van der Waals surface area contributed by atoms with E-state index in [-0.39, 0.29) is 5.91 Å². The summed E-state index contributed by atoms with van der Waals surface area (Å²) in [5.74, 6) is 1.93. The van der Waals surface area contributed by atoms with Crippen LogP contribution >= 0.6 is 22.7 Å². The fourth-order valence-electron chi connectivity index (χ4n) is 3.62. The Balaban J connectivity index is 1.41. The number of rotatable bonds is 4. The van der Waals surface area contributed by atoms with Gasteiger partial charge in [-0.3, -0.25) is 4.79 Å². The van der Waals surface area contributed by atoms with Crippen molar-refractivity contribution in [3.8, 4) is 11.6 Å². The highest BCUT2D eigenvalue weighted by Gasteiger charge is 2.21. The summed E-state index contributed by atoms with van der Waals surface area (Å²) in [5, 5.41) is 5.85. The Bertz CT molecular complexity index is 1180. The fraction of sp³-hybridized carbons (Fsp3) is 0.227. The molecule has 0 saturated heterocycles. The first-order chi connectivity index (χ1) is 14.2. The van der Waals surface area contributed by atoms with Crippen molar-refractivity contribution in [2.24, 2.45) is 0 Å².